The lowest BCUT2D eigenvalue weighted by molar-refractivity contribution is -0.119. The molecule has 0 bridgehead atoms. The molecule has 3 rings (SSSR count). The Hall–Kier alpha value is -2.34. The number of nitrogens with one attached hydrogen (secondary N) is 1. The van der Waals surface area contributed by atoms with Crippen molar-refractivity contribution < 1.29 is 9.59 Å². The fourth-order valence-corrected chi connectivity index (χ4v) is 4.82. The first-order chi connectivity index (χ1) is 14.8. The average Bonchev–Trinajstić information content (AvgIpc) is 3.45. The van der Waals surface area contributed by atoms with E-state index in [9.17, 15) is 9.59 Å². The summed E-state index contributed by atoms with van der Waals surface area (Å²) < 4.78 is 0. The van der Waals surface area contributed by atoms with Crippen LogP contribution >= 0.6 is 11.3 Å². The van der Waals surface area contributed by atoms with E-state index in [4.69, 9.17) is 0 Å². The molecule has 1 fully saturated rings. The van der Waals surface area contributed by atoms with E-state index in [0.29, 0.717) is 12.5 Å². The highest BCUT2D eigenvalue weighted by Crippen LogP contribution is 2.30. The molecule has 2 aromatic rings. The third kappa shape index (κ3) is 5.67. The van der Waals surface area contributed by atoms with E-state index in [1.54, 1.807) is 0 Å². The van der Waals surface area contributed by atoms with Crippen LogP contribution in [-0.2, 0) is 11.3 Å². The highest BCUT2D eigenvalue weighted by molar-refractivity contribution is 7.12. The number of carbonyl (C=O) groups excluding carboxylic acids is 2. The first-order valence-electron chi connectivity index (χ1n) is 11.2. The maximum atomic E-state index is 13.3. The highest BCUT2D eigenvalue weighted by Gasteiger charge is 2.26. The number of anilines is 2. The number of carbonyl (C=O) groups is 2. The van der Waals surface area contributed by atoms with E-state index < -0.39 is 0 Å². The maximum absolute atomic E-state index is 13.3. The van der Waals surface area contributed by atoms with Crippen molar-refractivity contribution in [3.8, 4) is 0 Å². The molecule has 0 radical (unpaired) electrons. The van der Waals surface area contributed by atoms with E-state index in [1.165, 1.54) is 11.3 Å². The zero-order chi connectivity index (χ0) is 22.5. The SMILES string of the molecule is CC(C)C(C)N(Cc1cc(NC(=O)C2CCCC2)ccc1N(C)C)C(=O)c1cccs1. The van der Waals surface area contributed by atoms with Crippen LogP contribution in [0.4, 0.5) is 11.4 Å². The molecule has 0 aliphatic heterocycles. The lowest BCUT2D eigenvalue weighted by Crippen LogP contribution is -2.41. The third-order valence-corrected chi connectivity index (χ3v) is 7.20. The van der Waals surface area contributed by atoms with Crippen LogP contribution in [0.5, 0.6) is 0 Å². The number of hydrogen-bond donors (Lipinski definition) is 1. The van der Waals surface area contributed by atoms with Crippen molar-refractivity contribution in [3.05, 3.63) is 46.2 Å². The Morgan fingerprint density at radius 2 is 1.84 bits per heavy atom. The summed E-state index contributed by atoms with van der Waals surface area (Å²) in [6, 6.07) is 9.92. The molecule has 0 spiro atoms. The molecule has 6 heteroatoms. The van der Waals surface area contributed by atoms with Crippen molar-refractivity contribution in [2.45, 2.75) is 59.0 Å². The summed E-state index contributed by atoms with van der Waals surface area (Å²) in [7, 11) is 4.01. The van der Waals surface area contributed by atoms with Crippen LogP contribution in [0.1, 0.15) is 61.7 Å². The van der Waals surface area contributed by atoms with E-state index in [-0.39, 0.29) is 23.8 Å². The Kier molecular flexibility index (Phi) is 7.76. The topological polar surface area (TPSA) is 52.7 Å². The van der Waals surface area contributed by atoms with Crippen molar-refractivity contribution in [1.82, 2.24) is 4.90 Å². The van der Waals surface area contributed by atoms with Crippen LogP contribution in [0.2, 0.25) is 0 Å². The van der Waals surface area contributed by atoms with Gasteiger partial charge in [-0.25, -0.2) is 0 Å². The lowest BCUT2D eigenvalue weighted by Gasteiger charge is -2.33. The monoisotopic (exact) mass is 441 g/mol. The van der Waals surface area contributed by atoms with Crippen molar-refractivity contribution in [3.63, 3.8) is 0 Å². The molecular formula is C25H35N3O2S. The summed E-state index contributed by atoms with van der Waals surface area (Å²) in [5.41, 5.74) is 2.89. The van der Waals surface area contributed by atoms with E-state index in [2.05, 4.69) is 31.0 Å². The fraction of sp³-hybridized carbons (Fsp3) is 0.520. The summed E-state index contributed by atoms with van der Waals surface area (Å²) in [6.45, 7) is 6.89. The van der Waals surface area contributed by atoms with Crippen LogP contribution in [-0.4, -0.2) is 36.9 Å². The van der Waals surface area contributed by atoms with Gasteiger partial charge in [0.05, 0.1) is 4.88 Å². The highest BCUT2D eigenvalue weighted by atomic mass is 32.1. The van der Waals surface area contributed by atoms with Gasteiger partial charge in [0.2, 0.25) is 5.91 Å². The van der Waals surface area contributed by atoms with Gasteiger partial charge in [-0.1, -0.05) is 32.8 Å². The molecule has 1 heterocycles. The number of thiophene rings is 1. The number of amides is 2. The summed E-state index contributed by atoms with van der Waals surface area (Å²) in [6.07, 6.45) is 4.22. The van der Waals surface area contributed by atoms with Crippen molar-refractivity contribution in [1.29, 1.82) is 0 Å². The van der Waals surface area contributed by atoms with Crippen LogP contribution in [0.3, 0.4) is 0 Å². The van der Waals surface area contributed by atoms with Crippen molar-refractivity contribution in [2.24, 2.45) is 11.8 Å². The molecule has 1 aromatic carbocycles. The predicted molar refractivity (Wildman–Crippen MR) is 130 cm³/mol. The number of hydrogen-bond acceptors (Lipinski definition) is 4. The molecule has 1 unspecified atom stereocenters. The standard InChI is InChI=1S/C25H35N3O2S/c1-17(2)18(3)28(25(30)23-11-8-14-31-23)16-20-15-21(12-13-22(20)27(4)5)26-24(29)19-9-6-7-10-19/h8,11-15,17-19H,6-7,9-10,16H2,1-5H3,(H,26,29). The molecule has 1 saturated carbocycles. The van der Waals surface area contributed by atoms with Crippen LogP contribution in [0.25, 0.3) is 0 Å². The molecule has 2 amide bonds. The Labute approximate surface area is 190 Å². The molecule has 1 aliphatic rings. The van der Waals surface area contributed by atoms with Gasteiger partial charge in [0.15, 0.2) is 0 Å². The van der Waals surface area contributed by atoms with Gasteiger partial charge in [-0.15, -0.1) is 11.3 Å². The predicted octanol–water partition coefficient (Wildman–Crippen LogP) is 5.63. The smallest absolute Gasteiger partial charge is 0.264 e. The molecule has 1 N–H and O–H groups in total. The van der Waals surface area contributed by atoms with Crippen LogP contribution < -0.4 is 10.2 Å². The fourth-order valence-electron chi connectivity index (χ4n) is 4.14. The largest absolute Gasteiger partial charge is 0.377 e. The van der Waals surface area contributed by atoms with Gasteiger partial charge in [0.25, 0.3) is 5.91 Å². The minimum absolute atomic E-state index is 0.0568. The van der Waals surface area contributed by atoms with E-state index in [0.717, 1.165) is 47.5 Å². The van der Waals surface area contributed by atoms with E-state index in [1.807, 2.05) is 54.7 Å². The Morgan fingerprint density at radius 3 is 2.42 bits per heavy atom. The maximum Gasteiger partial charge on any atom is 0.264 e. The zero-order valence-electron chi connectivity index (χ0n) is 19.4. The van der Waals surface area contributed by atoms with Gasteiger partial charge in [0.1, 0.15) is 0 Å². The molecule has 5 nitrogen and oxygen atoms in total. The van der Waals surface area contributed by atoms with Crippen molar-refractivity contribution >= 4 is 34.5 Å². The molecule has 1 atom stereocenters. The minimum atomic E-state index is 0.0568. The van der Waals surface area contributed by atoms with Crippen LogP contribution in [0.15, 0.2) is 35.7 Å². The van der Waals surface area contributed by atoms with Gasteiger partial charge in [-0.2, -0.15) is 0 Å². The number of nitrogens with zero attached hydrogens (tertiary/aromatic N) is 2. The van der Waals surface area contributed by atoms with Crippen molar-refractivity contribution in [2.75, 3.05) is 24.3 Å². The second kappa shape index (κ2) is 10.3. The molecular weight excluding hydrogens is 406 g/mol. The first-order valence-corrected chi connectivity index (χ1v) is 12.1. The molecule has 168 valence electrons. The molecule has 1 aliphatic carbocycles. The zero-order valence-corrected chi connectivity index (χ0v) is 20.2. The van der Waals surface area contributed by atoms with Gasteiger partial charge < -0.3 is 15.1 Å². The Bertz CT molecular complexity index is 886. The van der Waals surface area contributed by atoms with Gasteiger partial charge >= 0.3 is 0 Å². The average molecular weight is 442 g/mol. The number of benzene rings is 1. The summed E-state index contributed by atoms with van der Waals surface area (Å²) in [5.74, 6) is 0.622. The summed E-state index contributed by atoms with van der Waals surface area (Å²) >= 11 is 1.48. The second-order valence-corrected chi connectivity index (χ2v) is 10.1. The normalized spacial score (nSPS) is 15.2. The Balaban J connectivity index is 1.89. The quantitative estimate of drug-likeness (QED) is 0.578. The Morgan fingerprint density at radius 1 is 1.13 bits per heavy atom. The van der Waals surface area contributed by atoms with Gasteiger partial charge in [-0.05, 0) is 60.9 Å². The number of rotatable bonds is 8. The van der Waals surface area contributed by atoms with Gasteiger partial charge in [-0.3, -0.25) is 9.59 Å². The van der Waals surface area contributed by atoms with E-state index >= 15 is 0 Å². The molecule has 31 heavy (non-hydrogen) atoms. The minimum Gasteiger partial charge on any atom is -0.377 e. The summed E-state index contributed by atoms with van der Waals surface area (Å²) in [4.78, 5) is 30.7. The first kappa shape index (κ1) is 23.3. The molecule has 1 aromatic heterocycles. The third-order valence-electron chi connectivity index (χ3n) is 6.34. The van der Waals surface area contributed by atoms with Crippen LogP contribution in [0, 0.1) is 11.8 Å². The summed E-state index contributed by atoms with van der Waals surface area (Å²) in [5, 5.41) is 5.05. The lowest BCUT2D eigenvalue weighted by atomic mass is 10.0. The second-order valence-electron chi connectivity index (χ2n) is 9.10. The van der Waals surface area contributed by atoms with Gasteiger partial charge in [0, 0.05) is 44.0 Å². The molecule has 0 saturated heterocycles.